The van der Waals surface area contributed by atoms with Crippen LogP contribution in [-0.4, -0.2) is 25.8 Å². The maximum absolute atomic E-state index is 6.05. The number of nitrogens with zero attached hydrogens (tertiary/aromatic N) is 3. The first-order chi connectivity index (χ1) is 7.21. The largest absolute Gasteiger partial charge is 0.300 e. The summed E-state index contributed by atoms with van der Waals surface area (Å²) in [5, 5.41) is 8.55. The molecule has 1 saturated carbocycles. The molecule has 0 N–H and O–H groups in total. The van der Waals surface area contributed by atoms with Crippen molar-refractivity contribution in [3.63, 3.8) is 0 Å². The number of hydrogen-bond acceptors (Lipinski definition) is 3. The predicted octanol–water partition coefficient (Wildman–Crippen LogP) is 2.78. The van der Waals surface area contributed by atoms with Crippen molar-refractivity contribution >= 4 is 23.4 Å². The summed E-state index contributed by atoms with van der Waals surface area (Å²) in [6.45, 7) is 3.05. The second-order valence-electron chi connectivity index (χ2n) is 4.07. The third-order valence-corrected chi connectivity index (χ3v) is 4.93. The normalized spacial score (nSPS) is 18.9. The van der Waals surface area contributed by atoms with Crippen LogP contribution in [0.2, 0.25) is 5.28 Å². The molecule has 1 aliphatic carbocycles. The number of aryl methyl sites for hydroxylation is 1. The molecule has 2 rings (SSSR count). The summed E-state index contributed by atoms with van der Waals surface area (Å²) < 4.78 is 2.45. The van der Waals surface area contributed by atoms with Gasteiger partial charge < -0.3 is 4.57 Å². The zero-order valence-corrected chi connectivity index (χ0v) is 10.7. The van der Waals surface area contributed by atoms with Gasteiger partial charge in [0.25, 0.3) is 0 Å². The predicted molar refractivity (Wildman–Crippen MR) is 64.5 cm³/mol. The zero-order chi connectivity index (χ0) is 10.9. The molecule has 84 valence electrons. The molecule has 0 radical (unpaired) electrons. The van der Waals surface area contributed by atoms with Crippen LogP contribution >= 0.6 is 23.4 Å². The average Bonchev–Trinajstić information content (AvgIpc) is 2.53. The van der Waals surface area contributed by atoms with Gasteiger partial charge >= 0.3 is 0 Å². The van der Waals surface area contributed by atoms with Crippen LogP contribution in [0.15, 0.2) is 0 Å². The molecule has 15 heavy (non-hydrogen) atoms. The fourth-order valence-electron chi connectivity index (χ4n) is 2.02. The second kappa shape index (κ2) is 4.34. The van der Waals surface area contributed by atoms with Crippen molar-refractivity contribution in [2.24, 2.45) is 0 Å². The number of halogens is 1. The van der Waals surface area contributed by atoms with Crippen molar-refractivity contribution in [2.75, 3.05) is 6.26 Å². The van der Waals surface area contributed by atoms with Crippen LogP contribution in [0, 0.1) is 0 Å². The molecule has 0 aromatic carbocycles. The summed E-state index contributed by atoms with van der Waals surface area (Å²) in [4.78, 5) is 0. The maximum Gasteiger partial charge on any atom is 0.225 e. The van der Waals surface area contributed by atoms with E-state index in [4.69, 9.17) is 11.6 Å². The molecule has 0 bridgehead atoms. The van der Waals surface area contributed by atoms with Crippen molar-refractivity contribution in [3.8, 4) is 0 Å². The Labute approximate surface area is 99.6 Å². The molecule has 1 aromatic heterocycles. The Balaban J connectivity index is 2.18. The van der Waals surface area contributed by atoms with Gasteiger partial charge in [0.1, 0.15) is 5.82 Å². The molecule has 1 fully saturated rings. The maximum atomic E-state index is 6.05. The smallest absolute Gasteiger partial charge is 0.225 e. The molecule has 1 heterocycles. The van der Waals surface area contributed by atoms with E-state index in [1.54, 1.807) is 0 Å². The van der Waals surface area contributed by atoms with Crippen molar-refractivity contribution in [2.45, 2.75) is 43.9 Å². The van der Waals surface area contributed by atoms with E-state index in [1.807, 2.05) is 11.8 Å². The van der Waals surface area contributed by atoms with E-state index >= 15 is 0 Å². The van der Waals surface area contributed by atoms with E-state index in [0.29, 0.717) is 10.0 Å². The minimum atomic E-state index is 0.385. The summed E-state index contributed by atoms with van der Waals surface area (Å²) in [5.41, 5.74) is 0. The van der Waals surface area contributed by atoms with Crippen LogP contribution in [0.1, 0.15) is 32.0 Å². The lowest BCUT2D eigenvalue weighted by Crippen LogP contribution is -2.38. The Hall–Kier alpha value is -0.220. The Morgan fingerprint density at radius 2 is 2.20 bits per heavy atom. The highest BCUT2D eigenvalue weighted by atomic mass is 35.5. The van der Waals surface area contributed by atoms with Gasteiger partial charge in [-0.1, -0.05) is 13.3 Å². The highest BCUT2D eigenvalue weighted by molar-refractivity contribution is 8.00. The Kier molecular flexibility index (Phi) is 3.26. The van der Waals surface area contributed by atoms with Gasteiger partial charge in [0.05, 0.1) is 0 Å². The lowest BCUT2D eigenvalue weighted by Gasteiger charge is -2.40. The highest BCUT2D eigenvalue weighted by Gasteiger charge is 2.37. The first kappa shape index (κ1) is 11.3. The lowest BCUT2D eigenvalue weighted by molar-refractivity contribution is 0.318. The van der Waals surface area contributed by atoms with Gasteiger partial charge in [-0.25, -0.2) is 0 Å². The molecule has 0 unspecified atom stereocenters. The van der Waals surface area contributed by atoms with E-state index in [1.165, 1.54) is 19.3 Å². The quantitative estimate of drug-likeness (QED) is 0.817. The lowest BCUT2D eigenvalue weighted by atomic mass is 9.84. The Bertz CT molecular complexity index is 341. The van der Waals surface area contributed by atoms with Gasteiger partial charge in [-0.05, 0) is 30.7 Å². The summed E-state index contributed by atoms with van der Waals surface area (Å²) in [5.74, 6) is 1.00. The van der Waals surface area contributed by atoms with Gasteiger partial charge in [0.15, 0.2) is 0 Å². The minimum absolute atomic E-state index is 0.385. The second-order valence-corrected chi connectivity index (χ2v) is 5.68. The van der Waals surface area contributed by atoms with Gasteiger partial charge in [-0.3, -0.25) is 0 Å². The van der Waals surface area contributed by atoms with Crippen LogP contribution in [0.3, 0.4) is 0 Å². The molecule has 0 amide bonds. The summed E-state index contributed by atoms with van der Waals surface area (Å²) in [7, 11) is 0. The topological polar surface area (TPSA) is 30.7 Å². The fraction of sp³-hybridized carbons (Fsp3) is 0.800. The van der Waals surface area contributed by atoms with Gasteiger partial charge in [0.2, 0.25) is 5.28 Å². The van der Waals surface area contributed by atoms with Crippen LogP contribution < -0.4 is 0 Å². The number of aromatic nitrogens is 3. The standard InChI is InChI=1S/C10H16ClN3S/c1-3-8-12-13-9(11)14(8)7-10(15-2)5-4-6-10/h3-7H2,1-2H3. The first-order valence-corrected chi connectivity index (χ1v) is 6.94. The minimum Gasteiger partial charge on any atom is -0.300 e. The SMILES string of the molecule is CCc1nnc(Cl)n1CC1(SC)CCC1. The molecule has 0 saturated heterocycles. The van der Waals surface area contributed by atoms with Gasteiger partial charge in [0, 0.05) is 17.7 Å². The number of hydrogen-bond donors (Lipinski definition) is 0. The van der Waals surface area contributed by atoms with Crippen LogP contribution in [0.25, 0.3) is 0 Å². The van der Waals surface area contributed by atoms with Crippen LogP contribution in [0.4, 0.5) is 0 Å². The highest BCUT2D eigenvalue weighted by Crippen LogP contribution is 2.44. The third kappa shape index (κ3) is 2.02. The van der Waals surface area contributed by atoms with Crippen molar-refractivity contribution in [1.29, 1.82) is 0 Å². The van der Waals surface area contributed by atoms with Gasteiger partial charge in [-0.15, -0.1) is 10.2 Å². The van der Waals surface area contributed by atoms with E-state index < -0.39 is 0 Å². The molecule has 0 spiro atoms. The van der Waals surface area contributed by atoms with Crippen molar-refractivity contribution < 1.29 is 0 Å². The number of thioether (sulfide) groups is 1. The summed E-state index contributed by atoms with van der Waals surface area (Å²) >= 11 is 8.00. The Morgan fingerprint density at radius 3 is 2.67 bits per heavy atom. The molecule has 3 nitrogen and oxygen atoms in total. The number of rotatable bonds is 4. The zero-order valence-electron chi connectivity index (χ0n) is 9.16. The van der Waals surface area contributed by atoms with Crippen molar-refractivity contribution in [3.05, 3.63) is 11.1 Å². The van der Waals surface area contributed by atoms with E-state index in [9.17, 15) is 0 Å². The van der Waals surface area contributed by atoms with Crippen LogP contribution in [0.5, 0.6) is 0 Å². The molecular weight excluding hydrogens is 230 g/mol. The Morgan fingerprint density at radius 1 is 1.47 bits per heavy atom. The third-order valence-electron chi connectivity index (χ3n) is 3.24. The average molecular weight is 246 g/mol. The fourth-order valence-corrected chi connectivity index (χ4v) is 3.17. The molecule has 1 aliphatic rings. The summed E-state index contributed by atoms with van der Waals surface area (Å²) in [6.07, 6.45) is 6.98. The molecule has 0 aliphatic heterocycles. The molecule has 5 heteroatoms. The molecule has 1 aromatic rings. The molecule has 0 atom stereocenters. The van der Waals surface area contributed by atoms with Crippen LogP contribution in [-0.2, 0) is 13.0 Å². The first-order valence-electron chi connectivity index (χ1n) is 5.33. The van der Waals surface area contributed by atoms with E-state index in [0.717, 1.165) is 18.8 Å². The monoisotopic (exact) mass is 245 g/mol. The molecular formula is C10H16ClN3S. The van der Waals surface area contributed by atoms with Crippen molar-refractivity contribution in [1.82, 2.24) is 14.8 Å². The summed E-state index contributed by atoms with van der Waals surface area (Å²) in [6, 6.07) is 0. The van der Waals surface area contributed by atoms with E-state index in [-0.39, 0.29) is 0 Å². The van der Waals surface area contributed by atoms with Gasteiger partial charge in [-0.2, -0.15) is 11.8 Å². The van der Waals surface area contributed by atoms with E-state index in [2.05, 4.69) is 27.9 Å².